The predicted molar refractivity (Wildman–Crippen MR) is 109 cm³/mol. The molecule has 1 aliphatic heterocycles. The number of fused-ring (bicyclic) bond motifs is 1. The van der Waals surface area contributed by atoms with Crippen LogP contribution < -0.4 is 10.1 Å². The Balaban J connectivity index is 0.000000391. The molecule has 1 amide bonds. The lowest BCUT2D eigenvalue weighted by Crippen LogP contribution is -2.23. The first-order valence-corrected chi connectivity index (χ1v) is 9.39. The van der Waals surface area contributed by atoms with Crippen molar-refractivity contribution in [1.29, 1.82) is 0 Å². The molecule has 1 aliphatic rings. The molecular formula is C21H26N4O3. The SMILES string of the molecule is CC1COC1.CCOc1cc(-n2cnc(C)c2)nc2c(C)cc(NC=O)cc12. The van der Waals surface area contributed by atoms with Crippen LogP contribution in [0.4, 0.5) is 5.69 Å². The minimum absolute atomic E-state index is 0.548. The number of hydrogen-bond acceptors (Lipinski definition) is 5. The second-order valence-corrected chi connectivity index (χ2v) is 6.93. The summed E-state index contributed by atoms with van der Waals surface area (Å²) in [5.41, 5.74) is 3.45. The Kier molecular flexibility index (Phi) is 6.26. The molecule has 0 atom stereocenters. The van der Waals surface area contributed by atoms with Crippen LogP contribution in [0.15, 0.2) is 30.7 Å². The highest BCUT2D eigenvalue weighted by atomic mass is 16.5. The van der Waals surface area contributed by atoms with Gasteiger partial charge in [0.15, 0.2) is 0 Å². The molecule has 0 spiro atoms. The van der Waals surface area contributed by atoms with Crippen molar-refractivity contribution in [3.8, 4) is 11.6 Å². The average Bonchev–Trinajstić information content (AvgIpc) is 3.08. The molecule has 0 aliphatic carbocycles. The molecule has 0 unspecified atom stereocenters. The standard InChI is InChI=1S/C17H18N4O2.C4H8O/c1-4-23-15-7-16(21-8-12(3)18-9-21)20-17-11(2)5-13(19-10-22)6-14(15)17;1-4-2-5-3-4/h5-10H,4H2,1-3H3,(H,19,22);4H,2-3H2,1H3. The van der Waals surface area contributed by atoms with Crippen LogP contribution in [0.2, 0.25) is 0 Å². The van der Waals surface area contributed by atoms with Gasteiger partial charge in [-0.2, -0.15) is 0 Å². The van der Waals surface area contributed by atoms with E-state index in [-0.39, 0.29) is 0 Å². The minimum atomic E-state index is 0.548. The first-order valence-electron chi connectivity index (χ1n) is 9.39. The molecule has 148 valence electrons. The van der Waals surface area contributed by atoms with Gasteiger partial charge in [0, 0.05) is 29.3 Å². The van der Waals surface area contributed by atoms with Crippen molar-refractivity contribution < 1.29 is 14.3 Å². The van der Waals surface area contributed by atoms with Crippen LogP contribution in [0.3, 0.4) is 0 Å². The Hall–Kier alpha value is -2.93. The number of hydrogen-bond donors (Lipinski definition) is 1. The summed E-state index contributed by atoms with van der Waals surface area (Å²) in [6.45, 7) is 10.5. The number of pyridine rings is 1. The second kappa shape index (κ2) is 8.84. The number of aryl methyl sites for hydroxylation is 2. The number of carbonyl (C=O) groups is 1. The fourth-order valence-electron chi connectivity index (χ4n) is 2.92. The second-order valence-electron chi connectivity index (χ2n) is 6.93. The summed E-state index contributed by atoms with van der Waals surface area (Å²) in [6, 6.07) is 5.65. The van der Waals surface area contributed by atoms with Gasteiger partial charge in [0.25, 0.3) is 0 Å². The number of nitrogens with one attached hydrogen (secondary N) is 1. The van der Waals surface area contributed by atoms with Gasteiger partial charge in [-0.25, -0.2) is 9.97 Å². The molecule has 1 saturated heterocycles. The van der Waals surface area contributed by atoms with Gasteiger partial charge in [0.05, 0.1) is 31.0 Å². The fraction of sp³-hybridized carbons (Fsp3) is 0.381. The summed E-state index contributed by atoms with van der Waals surface area (Å²) < 4.78 is 12.5. The Labute approximate surface area is 164 Å². The molecule has 1 N–H and O–H groups in total. The first kappa shape index (κ1) is 19.8. The maximum absolute atomic E-state index is 10.7. The van der Waals surface area contributed by atoms with Crippen molar-refractivity contribution >= 4 is 23.0 Å². The summed E-state index contributed by atoms with van der Waals surface area (Å²) in [7, 11) is 0. The van der Waals surface area contributed by atoms with Crippen molar-refractivity contribution in [2.75, 3.05) is 25.1 Å². The quantitative estimate of drug-likeness (QED) is 0.682. The number of carbonyl (C=O) groups excluding carboxylic acids is 1. The van der Waals surface area contributed by atoms with Gasteiger partial charge >= 0.3 is 0 Å². The molecule has 0 bridgehead atoms. The number of anilines is 1. The summed E-state index contributed by atoms with van der Waals surface area (Å²) in [6.07, 6.45) is 4.31. The van der Waals surface area contributed by atoms with Gasteiger partial charge in [-0.1, -0.05) is 6.92 Å². The van der Waals surface area contributed by atoms with Crippen molar-refractivity contribution in [2.24, 2.45) is 5.92 Å². The van der Waals surface area contributed by atoms with Gasteiger partial charge in [0.1, 0.15) is 17.9 Å². The molecule has 3 aromatic rings. The number of benzene rings is 1. The number of imidazole rings is 1. The van der Waals surface area contributed by atoms with E-state index >= 15 is 0 Å². The normalized spacial score (nSPS) is 13.4. The molecule has 1 fully saturated rings. The Morgan fingerprint density at radius 1 is 1.32 bits per heavy atom. The van der Waals surface area contributed by atoms with E-state index in [2.05, 4.69) is 17.2 Å². The molecule has 0 saturated carbocycles. The summed E-state index contributed by atoms with van der Waals surface area (Å²) >= 11 is 0. The highest BCUT2D eigenvalue weighted by Crippen LogP contribution is 2.31. The van der Waals surface area contributed by atoms with Crippen LogP contribution in [-0.2, 0) is 9.53 Å². The third-order valence-corrected chi connectivity index (χ3v) is 4.36. The van der Waals surface area contributed by atoms with Crippen molar-refractivity contribution in [3.63, 3.8) is 0 Å². The van der Waals surface area contributed by atoms with Crippen LogP contribution in [-0.4, -0.2) is 40.8 Å². The zero-order valence-corrected chi connectivity index (χ0v) is 16.7. The van der Waals surface area contributed by atoms with E-state index in [1.54, 1.807) is 6.33 Å². The summed E-state index contributed by atoms with van der Waals surface area (Å²) in [4.78, 5) is 19.7. The van der Waals surface area contributed by atoms with Crippen molar-refractivity contribution in [1.82, 2.24) is 14.5 Å². The van der Waals surface area contributed by atoms with Crippen LogP contribution in [0, 0.1) is 19.8 Å². The van der Waals surface area contributed by atoms with Crippen molar-refractivity contribution in [2.45, 2.75) is 27.7 Å². The molecule has 3 heterocycles. The Bertz CT molecular complexity index is 964. The lowest BCUT2D eigenvalue weighted by molar-refractivity contribution is -0.105. The largest absolute Gasteiger partial charge is 0.493 e. The molecular weight excluding hydrogens is 356 g/mol. The Morgan fingerprint density at radius 3 is 2.61 bits per heavy atom. The van der Waals surface area contributed by atoms with E-state index in [0.717, 1.165) is 58.5 Å². The molecule has 1 aromatic carbocycles. The monoisotopic (exact) mass is 382 g/mol. The molecule has 0 radical (unpaired) electrons. The lowest BCUT2D eigenvalue weighted by atomic mass is 10.1. The smallest absolute Gasteiger partial charge is 0.211 e. The zero-order chi connectivity index (χ0) is 20.1. The maximum atomic E-state index is 10.7. The maximum Gasteiger partial charge on any atom is 0.211 e. The van der Waals surface area contributed by atoms with Gasteiger partial charge in [-0.3, -0.25) is 9.36 Å². The van der Waals surface area contributed by atoms with Crippen LogP contribution in [0.1, 0.15) is 25.1 Å². The molecule has 7 nitrogen and oxygen atoms in total. The van der Waals surface area contributed by atoms with Gasteiger partial charge in [-0.05, 0) is 38.5 Å². The number of nitrogens with zero attached hydrogens (tertiary/aromatic N) is 3. The zero-order valence-electron chi connectivity index (χ0n) is 16.7. The van der Waals surface area contributed by atoms with Crippen LogP contribution >= 0.6 is 0 Å². The third-order valence-electron chi connectivity index (χ3n) is 4.36. The predicted octanol–water partition coefficient (Wildman–Crippen LogP) is 3.66. The van der Waals surface area contributed by atoms with Crippen LogP contribution in [0.25, 0.3) is 16.7 Å². The van der Waals surface area contributed by atoms with E-state index < -0.39 is 0 Å². The first-order chi connectivity index (χ1) is 13.5. The van der Waals surface area contributed by atoms with E-state index in [0.29, 0.717) is 13.0 Å². The number of amides is 1. The minimum Gasteiger partial charge on any atom is -0.493 e. The topological polar surface area (TPSA) is 78.3 Å². The Morgan fingerprint density at radius 2 is 2.07 bits per heavy atom. The number of ether oxygens (including phenoxy) is 2. The molecule has 28 heavy (non-hydrogen) atoms. The number of aromatic nitrogens is 3. The van der Waals surface area contributed by atoms with Gasteiger partial charge < -0.3 is 14.8 Å². The van der Waals surface area contributed by atoms with E-state index in [4.69, 9.17) is 14.5 Å². The lowest BCUT2D eigenvalue weighted by Gasteiger charge is -2.20. The highest BCUT2D eigenvalue weighted by Gasteiger charge is 2.12. The summed E-state index contributed by atoms with van der Waals surface area (Å²) in [5.74, 6) is 2.33. The van der Waals surface area contributed by atoms with Crippen LogP contribution in [0.5, 0.6) is 5.75 Å². The molecule has 7 heteroatoms. The van der Waals surface area contributed by atoms with E-state index in [9.17, 15) is 4.79 Å². The van der Waals surface area contributed by atoms with Gasteiger partial charge in [0.2, 0.25) is 6.41 Å². The average molecular weight is 382 g/mol. The third kappa shape index (κ3) is 4.48. The number of rotatable bonds is 5. The highest BCUT2D eigenvalue weighted by molar-refractivity contribution is 5.93. The summed E-state index contributed by atoms with van der Waals surface area (Å²) in [5, 5.41) is 3.55. The van der Waals surface area contributed by atoms with E-state index in [1.807, 2.05) is 49.7 Å². The van der Waals surface area contributed by atoms with Gasteiger partial charge in [-0.15, -0.1) is 0 Å². The molecule has 2 aromatic heterocycles. The van der Waals surface area contributed by atoms with E-state index in [1.165, 1.54) is 0 Å². The molecule has 4 rings (SSSR count). The van der Waals surface area contributed by atoms with Crippen molar-refractivity contribution in [3.05, 3.63) is 42.0 Å². The fourth-order valence-corrected chi connectivity index (χ4v) is 2.92.